The van der Waals surface area contributed by atoms with Crippen LogP contribution in [-0.4, -0.2) is 10.9 Å². The highest BCUT2D eigenvalue weighted by molar-refractivity contribution is 9.10. The highest BCUT2D eigenvalue weighted by Crippen LogP contribution is 2.21. The van der Waals surface area contributed by atoms with E-state index in [4.69, 9.17) is 0 Å². The van der Waals surface area contributed by atoms with Crippen LogP contribution in [0.2, 0.25) is 0 Å². The summed E-state index contributed by atoms with van der Waals surface area (Å²) in [5.41, 5.74) is 1.63. The number of hydrogen-bond acceptors (Lipinski definition) is 2. The van der Waals surface area contributed by atoms with Gasteiger partial charge in [0.15, 0.2) is 0 Å². The molecule has 0 saturated carbocycles. The SMILES string of the molecule is Cc1cccc(C(=O)Nc2ccccn2)c1Br. The first-order chi connectivity index (χ1) is 8.18. The molecular weight excluding hydrogens is 280 g/mol. The number of rotatable bonds is 2. The number of nitrogens with one attached hydrogen (secondary N) is 1. The quantitative estimate of drug-likeness (QED) is 0.921. The Kier molecular flexibility index (Phi) is 3.54. The summed E-state index contributed by atoms with van der Waals surface area (Å²) in [7, 11) is 0. The van der Waals surface area contributed by atoms with Crippen LogP contribution in [0.4, 0.5) is 5.82 Å². The largest absolute Gasteiger partial charge is 0.307 e. The van der Waals surface area contributed by atoms with Gasteiger partial charge in [0.05, 0.1) is 5.56 Å². The fourth-order valence-corrected chi connectivity index (χ4v) is 1.89. The minimum atomic E-state index is -0.167. The second-order valence-electron chi connectivity index (χ2n) is 3.61. The third-order valence-electron chi connectivity index (χ3n) is 2.34. The molecule has 0 aliphatic heterocycles. The first kappa shape index (κ1) is 11.8. The Labute approximate surface area is 108 Å². The predicted molar refractivity (Wildman–Crippen MR) is 71.1 cm³/mol. The van der Waals surface area contributed by atoms with Crippen molar-refractivity contribution in [2.45, 2.75) is 6.92 Å². The van der Waals surface area contributed by atoms with E-state index in [-0.39, 0.29) is 5.91 Å². The van der Waals surface area contributed by atoms with Crippen LogP contribution in [0, 0.1) is 6.92 Å². The fourth-order valence-electron chi connectivity index (χ4n) is 1.44. The maximum Gasteiger partial charge on any atom is 0.257 e. The minimum Gasteiger partial charge on any atom is -0.307 e. The third kappa shape index (κ3) is 2.71. The van der Waals surface area contributed by atoms with Crippen molar-refractivity contribution in [3.05, 3.63) is 58.2 Å². The molecule has 0 aliphatic carbocycles. The number of halogens is 1. The Morgan fingerprint density at radius 2 is 2.06 bits per heavy atom. The van der Waals surface area contributed by atoms with E-state index in [2.05, 4.69) is 26.2 Å². The molecule has 1 heterocycles. The monoisotopic (exact) mass is 290 g/mol. The van der Waals surface area contributed by atoms with Gasteiger partial charge in [-0.2, -0.15) is 0 Å². The topological polar surface area (TPSA) is 42.0 Å². The number of carbonyl (C=O) groups is 1. The molecule has 0 aliphatic rings. The number of hydrogen-bond donors (Lipinski definition) is 1. The molecule has 0 fully saturated rings. The Bertz CT molecular complexity index is 540. The van der Waals surface area contributed by atoms with Gasteiger partial charge in [-0.05, 0) is 46.6 Å². The zero-order chi connectivity index (χ0) is 12.3. The summed E-state index contributed by atoms with van der Waals surface area (Å²) < 4.78 is 0.813. The molecule has 0 saturated heterocycles. The van der Waals surface area contributed by atoms with Crippen molar-refractivity contribution in [1.29, 1.82) is 0 Å². The predicted octanol–water partition coefficient (Wildman–Crippen LogP) is 3.40. The van der Waals surface area contributed by atoms with Crippen molar-refractivity contribution in [1.82, 2.24) is 4.98 Å². The van der Waals surface area contributed by atoms with E-state index in [0.29, 0.717) is 11.4 Å². The molecule has 1 aromatic carbocycles. The number of aryl methyl sites for hydroxylation is 1. The number of benzene rings is 1. The molecule has 86 valence electrons. The van der Waals surface area contributed by atoms with Gasteiger partial charge in [-0.3, -0.25) is 4.79 Å². The molecule has 17 heavy (non-hydrogen) atoms. The highest BCUT2D eigenvalue weighted by Gasteiger charge is 2.11. The molecule has 0 radical (unpaired) electrons. The van der Waals surface area contributed by atoms with Gasteiger partial charge in [-0.15, -0.1) is 0 Å². The van der Waals surface area contributed by atoms with Gasteiger partial charge in [0.1, 0.15) is 5.82 Å². The van der Waals surface area contributed by atoms with Crippen LogP contribution in [0.5, 0.6) is 0 Å². The lowest BCUT2D eigenvalue weighted by Gasteiger charge is -2.07. The second kappa shape index (κ2) is 5.10. The fraction of sp³-hybridized carbons (Fsp3) is 0.0769. The molecular formula is C13H11BrN2O. The smallest absolute Gasteiger partial charge is 0.257 e. The molecule has 1 N–H and O–H groups in total. The number of amides is 1. The molecule has 0 spiro atoms. The van der Waals surface area contributed by atoms with Gasteiger partial charge >= 0.3 is 0 Å². The zero-order valence-corrected chi connectivity index (χ0v) is 10.9. The summed E-state index contributed by atoms with van der Waals surface area (Å²) in [4.78, 5) is 16.1. The number of anilines is 1. The van der Waals surface area contributed by atoms with E-state index in [1.807, 2.05) is 25.1 Å². The first-order valence-corrected chi connectivity index (χ1v) is 5.95. The molecule has 0 atom stereocenters. The minimum absolute atomic E-state index is 0.167. The van der Waals surface area contributed by atoms with E-state index in [9.17, 15) is 4.79 Å². The summed E-state index contributed by atoms with van der Waals surface area (Å²) in [6, 6.07) is 11.0. The molecule has 2 rings (SSSR count). The van der Waals surface area contributed by atoms with Gasteiger partial charge in [0.2, 0.25) is 0 Å². The first-order valence-electron chi connectivity index (χ1n) is 5.16. The molecule has 0 bridgehead atoms. The lowest BCUT2D eigenvalue weighted by Crippen LogP contribution is -2.13. The van der Waals surface area contributed by atoms with E-state index < -0.39 is 0 Å². The van der Waals surface area contributed by atoms with Crippen molar-refractivity contribution >= 4 is 27.7 Å². The van der Waals surface area contributed by atoms with Crippen molar-refractivity contribution in [2.75, 3.05) is 5.32 Å². The molecule has 1 amide bonds. The average molecular weight is 291 g/mol. The van der Waals surface area contributed by atoms with Crippen LogP contribution >= 0.6 is 15.9 Å². The number of pyridine rings is 1. The summed E-state index contributed by atoms with van der Waals surface area (Å²) in [5.74, 6) is 0.380. The lowest BCUT2D eigenvalue weighted by atomic mass is 10.1. The summed E-state index contributed by atoms with van der Waals surface area (Å²) in [6.07, 6.45) is 1.64. The maximum atomic E-state index is 12.0. The molecule has 1 aromatic heterocycles. The Hall–Kier alpha value is -1.68. The Balaban J connectivity index is 2.24. The Morgan fingerprint density at radius 3 is 2.76 bits per heavy atom. The summed E-state index contributed by atoms with van der Waals surface area (Å²) in [5, 5.41) is 2.75. The van der Waals surface area contributed by atoms with Crippen LogP contribution in [-0.2, 0) is 0 Å². The number of carbonyl (C=O) groups excluding carboxylic acids is 1. The van der Waals surface area contributed by atoms with Crippen LogP contribution in [0.25, 0.3) is 0 Å². The standard InChI is InChI=1S/C13H11BrN2O/c1-9-5-4-6-10(12(9)14)13(17)16-11-7-2-3-8-15-11/h2-8H,1H3,(H,15,16,17). The maximum absolute atomic E-state index is 12.0. The van der Waals surface area contributed by atoms with Crippen LogP contribution in [0.15, 0.2) is 47.1 Å². The van der Waals surface area contributed by atoms with E-state index in [1.54, 1.807) is 24.4 Å². The average Bonchev–Trinajstić information content (AvgIpc) is 2.34. The van der Waals surface area contributed by atoms with Crippen molar-refractivity contribution in [3.8, 4) is 0 Å². The van der Waals surface area contributed by atoms with Gasteiger partial charge in [-0.25, -0.2) is 4.98 Å². The Morgan fingerprint density at radius 1 is 1.24 bits per heavy atom. The lowest BCUT2D eigenvalue weighted by molar-refractivity contribution is 0.102. The van der Waals surface area contributed by atoms with Crippen molar-refractivity contribution in [3.63, 3.8) is 0 Å². The number of nitrogens with zero attached hydrogens (tertiary/aromatic N) is 1. The van der Waals surface area contributed by atoms with Crippen LogP contribution in [0.3, 0.4) is 0 Å². The normalized spacial score (nSPS) is 10.0. The summed E-state index contributed by atoms with van der Waals surface area (Å²) >= 11 is 3.41. The van der Waals surface area contributed by atoms with E-state index in [1.165, 1.54) is 0 Å². The van der Waals surface area contributed by atoms with Crippen molar-refractivity contribution < 1.29 is 4.79 Å². The van der Waals surface area contributed by atoms with Gasteiger partial charge in [0, 0.05) is 10.7 Å². The molecule has 2 aromatic rings. The van der Waals surface area contributed by atoms with Gasteiger partial charge < -0.3 is 5.32 Å². The van der Waals surface area contributed by atoms with E-state index >= 15 is 0 Å². The molecule has 3 nitrogen and oxygen atoms in total. The number of aromatic nitrogens is 1. The third-order valence-corrected chi connectivity index (χ3v) is 3.40. The molecule has 0 unspecified atom stereocenters. The summed E-state index contributed by atoms with van der Waals surface area (Å²) in [6.45, 7) is 1.95. The highest BCUT2D eigenvalue weighted by atomic mass is 79.9. The zero-order valence-electron chi connectivity index (χ0n) is 9.27. The second-order valence-corrected chi connectivity index (χ2v) is 4.40. The molecule has 4 heteroatoms. The van der Waals surface area contributed by atoms with Gasteiger partial charge in [0.25, 0.3) is 5.91 Å². The van der Waals surface area contributed by atoms with Crippen LogP contribution < -0.4 is 5.32 Å². The van der Waals surface area contributed by atoms with Crippen molar-refractivity contribution in [2.24, 2.45) is 0 Å². The van der Waals surface area contributed by atoms with E-state index in [0.717, 1.165) is 10.0 Å². The van der Waals surface area contributed by atoms with Gasteiger partial charge in [-0.1, -0.05) is 18.2 Å². The van der Waals surface area contributed by atoms with Crippen LogP contribution in [0.1, 0.15) is 15.9 Å².